The van der Waals surface area contributed by atoms with Crippen LogP contribution in [-0.2, 0) is 32.7 Å². The second kappa shape index (κ2) is 8.09. The first-order valence-corrected chi connectivity index (χ1v) is 12.0. The lowest BCUT2D eigenvalue weighted by atomic mass is 10.0. The van der Waals surface area contributed by atoms with Crippen molar-refractivity contribution in [2.75, 3.05) is 0 Å². The molecule has 2 heterocycles. The molecule has 2 N–H and O–H groups in total. The minimum Gasteiger partial charge on any atom is -0.322 e. The number of rotatable bonds is 5. The molecule has 33 heavy (non-hydrogen) atoms. The van der Waals surface area contributed by atoms with Gasteiger partial charge in [0.15, 0.2) is 0 Å². The van der Waals surface area contributed by atoms with E-state index in [1.807, 2.05) is 24.3 Å². The van der Waals surface area contributed by atoms with Gasteiger partial charge >= 0.3 is 0 Å². The number of benzene rings is 3. The summed E-state index contributed by atoms with van der Waals surface area (Å²) < 4.78 is 28.2. The molecule has 0 aliphatic carbocycles. The largest absolute Gasteiger partial charge is 0.322 e. The van der Waals surface area contributed by atoms with Crippen LogP contribution in [0.5, 0.6) is 0 Å². The highest BCUT2D eigenvalue weighted by atomic mass is 32.2. The van der Waals surface area contributed by atoms with Crippen LogP contribution < -0.4 is 10.0 Å². The number of carbonyl (C=O) groups is 3. The van der Waals surface area contributed by atoms with E-state index in [2.05, 4.69) is 10.0 Å². The van der Waals surface area contributed by atoms with Gasteiger partial charge in [0, 0.05) is 25.1 Å². The molecule has 3 amide bonds. The van der Waals surface area contributed by atoms with Gasteiger partial charge in [-0.3, -0.25) is 19.7 Å². The molecule has 0 spiro atoms. The van der Waals surface area contributed by atoms with Crippen LogP contribution in [0.1, 0.15) is 34.3 Å². The van der Waals surface area contributed by atoms with Crippen molar-refractivity contribution in [1.82, 2.24) is 14.9 Å². The van der Waals surface area contributed by atoms with E-state index in [9.17, 15) is 22.8 Å². The highest BCUT2D eigenvalue weighted by Gasteiger charge is 2.39. The van der Waals surface area contributed by atoms with Gasteiger partial charge < -0.3 is 4.90 Å². The van der Waals surface area contributed by atoms with Crippen molar-refractivity contribution in [3.63, 3.8) is 0 Å². The van der Waals surface area contributed by atoms with Gasteiger partial charge in [-0.25, -0.2) is 13.1 Å². The summed E-state index contributed by atoms with van der Waals surface area (Å²) in [6.45, 7) is 0.303. The summed E-state index contributed by atoms with van der Waals surface area (Å²) in [6.07, 6.45) is 0.487. The molecule has 2 aliphatic rings. The zero-order chi connectivity index (χ0) is 23.2. The van der Waals surface area contributed by atoms with Crippen molar-refractivity contribution >= 4 is 38.5 Å². The summed E-state index contributed by atoms with van der Waals surface area (Å²) in [5.41, 5.74) is 1.85. The van der Waals surface area contributed by atoms with E-state index in [-0.39, 0.29) is 36.2 Å². The predicted molar refractivity (Wildman–Crippen MR) is 120 cm³/mol. The maximum Gasteiger partial charge on any atom is 0.255 e. The van der Waals surface area contributed by atoms with Gasteiger partial charge in [-0.2, -0.15) is 0 Å². The number of piperidine rings is 1. The third-order valence-corrected chi connectivity index (χ3v) is 7.49. The van der Waals surface area contributed by atoms with Gasteiger partial charge in [0.2, 0.25) is 21.8 Å². The van der Waals surface area contributed by atoms with Crippen LogP contribution in [0.2, 0.25) is 0 Å². The fourth-order valence-electron chi connectivity index (χ4n) is 4.31. The van der Waals surface area contributed by atoms with Crippen LogP contribution in [0.4, 0.5) is 0 Å². The third-order valence-electron chi connectivity index (χ3n) is 6.09. The summed E-state index contributed by atoms with van der Waals surface area (Å²) in [6, 6.07) is 17.0. The Kier molecular flexibility index (Phi) is 5.22. The number of sulfonamides is 1. The first-order valence-electron chi connectivity index (χ1n) is 10.6. The smallest absolute Gasteiger partial charge is 0.255 e. The minimum absolute atomic E-state index is 0.0220. The first kappa shape index (κ1) is 21.3. The van der Waals surface area contributed by atoms with Crippen LogP contribution in [0.15, 0.2) is 65.6 Å². The molecule has 0 saturated carbocycles. The molecular formula is C24H21N3O5S. The first-order chi connectivity index (χ1) is 15.8. The summed E-state index contributed by atoms with van der Waals surface area (Å²) in [5.74, 6) is -1.09. The molecule has 2 aliphatic heterocycles. The topological polar surface area (TPSA) is 113 Å². The van der Waals surface area contributed by atoms with Crippen molar-refractivity contribution in [2.24, 2.45) is 0 Å². The molecule has 1 atom stereocenters. The molecule has 1 fully saturated rings. The number of amides is 3. The molecule has 3 aromatic carbocycles. The van der Waals surface area contributed by atoms with Crippen molar-refractivity contribution in [2.45, 2.75) is 36.9 Å². The van der Waals surface area contributed by atoms with Gasteiger partial charge in [0.05, 0.1) is 4.90 Å². The number of carbonyl (C=O) groups excluding carboxylic acids is 3. The van der Waals surface area contributed by atoms with Crippen molar-refractivity contribution in [3.8, 4) is 0 Å². The van der Waals surface area contributed by atoms with Gasteiger partial charge in [0.25, 0.3) is 5.91 Å². The molecule has 168 valence electrons. The zero-order valence-electron chi connectivity index (χ0n) is 17.6. The number of nitrogens with zero attached hydrogens (tertiary/aromatic N) is 1. The standard InChI is InChI=1S/C24H21N3O5S/c28-22-10-9-21(23(29)26-22)27-14-18-6-5-15(11-20(18)24(27)30)13-25-33(31,32)19-8-7-16-3-1-2-4-17(16)12-19/h1-8,11-12,21,25H,9-10,13-14H2,(H,26,28,29). The van der Waals surface area contributed by atoms with Crippen molar-refractivity contribution in [3.05, 3.63) is 77.4 Å². The zero-order valence-corrected chi connectivity index (χ0v) is 18.4. The van der Waals surface area contributed by atoms with E-state index >= 15 is 0 Å². The average Bonchev–Trinajstić information content (AvgIpc) is 3.13. The second-order valence-electron chi connectivity index (χ2n) is 8.22. The fourth-order valence-corrected chi connectivity index (χ4v) is 5.36. The monoisotopic (exact) mass is 463 g/mol. The van der Waals surface area contributed by atoms with Crippen LogP contribution >= 0.6 is 0 Å². The summed E-state index contributed by atoms with van der Waals surface area (Å²) in [5, 5.41) is 4.06. The number of hydrogen-bond acceptors (Lipinski definition) is 5. The highest BCUT2D eigenvalue weighted by molar-refractivity contribution is 7.89. The lowest BCUT2D eigenvalue weighted by Gasteiger charge is -2.29. The van der Waals surface area contributed by atoms with Crippen molar-refractivity contribution < 1.29 is 22.8 Å². The SMILES string of the molecule is O=C1CCC(N2Cc3ccc(CNS(=O)(=O)c4ccc5ccccc5c4)cc3C2=O)C(=O)N1. The Morgan fingerprint density at radius 3 is 2.55 bits per heavy atom. The average molecular weight is 464 g/mol. The Bertz CT molecular complexity index is 1420. The van der Waals surface area contributed by atoms with Crippen LogP contribution in [0.3, 0.4) is 0 Å². The Balaban J connectivity index is 1.31. The Labute approximate surface area is 190 Å². The lowest BCUT2D eigenvalue weighted by molar-refractivity contribution is -0.136. The van der Waals surface area contributed by atoms with Gasteiger partial charge in [-0.1, -0.05) is 42.5 Å². The molecule has 0 bridgehead atoms. The Morgan fingerprint density at radius 1 is 0.970 bits per heavy atom. The van der Waals surface area contributed by atoms with E-state index in [4.69, 9.17) is 0 Å². The number of imide groups is 1. The quantitative estimate of drug-likeness (QED) is 0.563. The van der Waals surface area contributed by atoms with Gasteiger partial charge in [0.1, 0.15) is 6.04 Å². The predicted octanol–water partition coefficient (Wildman–Crippen LogP) is 2.08. The number of fused-ring (bicyclic) bond motifs is 2. The van der Waals surface area contributed by atoms with Crippen molar-refractivity contribution in [1.29, 1.82) is 0 Å². The third kappa shape index (κ3) is 4.01. The van der Waals surface area contributed by atoms with Crippen LogP contribution in [0, 0.1) is 0 Å². The van der Waals surface area contributed by atoms with E-state index in [1.165, 1.54) is 4.90 Å². The molecule has 0 radical (unpaired) electrons. The molecule has 0 aromatic heterocycles. The molecule has 5 rings (SSSR count). The maximum absolute atomic E-state index is 12.9. The maximum atomic E-state index is 12.9. The molecule has 1 unspecified atom stereocenters. The van der Waals surface area contributed by atoms with Gasteiger partial charge in [-0.15, -0.1) is 0 Å². The van der Waals surface area contributed by atoms with Gasteiger partial charge in [-0.05, 0) is 46.5 Å². The molecular weight excluding hydrogens is 442 g/mol. The number of nitrogens with one attached hydrogen (secondary N) is 2. The molecule has 9 heteroatoms. The minimum atomic E-state index is -3.75. The summed E-state index contributed by atoms with van der Waals surface area (Å²) in [4.78, 5) is 38.2. The fraction of sp³-hybridized carbons (Fsp3) is 0.208. The second-order valence-corrected chi connectivity index (χ2v) is 9.99. The van der Waals surface area contributed by atoms with E-state index in [0.717, 1.165) is 16.3 Å². The summed E-state index contributed by atoms with van der Waals surface area (Å²) in [7, 11) is -3.75. The summed E-state index contributed by atoms with van der Waals surface area (Å²) >= 11 is 0. The van der Waals surface area contributed by atoms with E-state index in [0.29, 0.717) is 17.5 Å². The molecule has 3 aromatic rings. The van der Waals surface area contributed by atoms with Crippen LogP contribution in [0.25, 0.3) is 10.8 Å². The van der Waals surface area contributed by atoms with E-state index in [1.54, 1.807) is 36.4 Å². The van der Waals surface area contributed by atoms with Crippen LogP contribution in [-0.4, -0.2) is 37.1 Å². The Morgan fingerprint density at radius 2 is 1.76 bits per heavy atom. The molecule has 1 saturated heterocycles. The normalized spacial score (nSPS) is 18.5. The number of hydrogen-bond donors (Lipinski definition) is 2. The lowest BCUT2D eigenvalue weighted by Crippen LogP contribution is -2.52. The highest BCUT2D eigenvalue weighted by Crippen LogP contribution is 2.28. The Hall–Kier alpha value is -3.56. The van der Waals surface area contributed by atoms with E-state index < -0.39 is 22.0 Å². The molecule has 8 nitrogen and oxygen atoms in total.